The number of ether oxygens (including phenoxy) is 1. The minimum Gasteiger partial charge on any atom is -0.477 e. The lowest BCUT2D eigenvalue weighted by Gasteiger charge is -2.33. The summed E-state index contributed by atoms with van der Waals surface area (Å²) in [6.07, 6.45) is 5.32. The van der Waals surface area contributed by atoms with Crippen LogP contribution in [0.3, 0.4) is 0 Å². The van der Waals surface area contributed by atoms with Gasteiger partial charge in [-0.25, -0.2) is 9.97 Å². The van der Waals surface area contributed by atoms with E-state index in [1.165, 1.54) is 7.11 Å². The molecule has 3 N–H and O–H groups in total. The molecule has 1 saturated heterocycles. The summed E-state index contributed by atoms with van der Waals surface area (Å²) < 4.78 is 7.09. The van der Waals surface area contributed by atoms with Gasteiger partial charge in [0.25, 0.3) is 5.88 Å². The SMILES string of the molecule is COc1nc2cnc3[nH]ccc3c2n(C2CCN(CCN)CC2)c1=O. The van der Waals surface area contributed by atoms with E-state index >= 15 is 0 Å². The second kappa shape index (κ2) is 6.45. The number of fused-ring (bicyclic) bond motifs is 3. The summed E-state index contributed by atoms with van der Waals surface area (Å²) in [5.74, 6) is 0.119. The van der Waals surface area contributed by atoms with Gasteiger partial charge < -0.3 is 20.4 Å². The maximum Gasteiger partial charge on any atom is 0.314 e. The van der Waals surface area contributed by atoms with E-state index in [1.54, 1.807) is 6.20 Å². The fourth-order valence-corrected chi connectivity index (χ4v) is 3.75. The van der Waals surface area contributed by atoms with Crippen molar-refractivity contribution in [1.29, 1.82) is 0 Å². The Kier molecular flexibility index (Phi) is 4.14. The Balaban J connectivity index is 1.87. The summed E-state index contributed by atoms with van der Waals surface area (Å²) in [5, 5.41) is 0.911. The number of hydrogen-bond acceptors (Lipinski definition) is 6. The van der Waals surface area contributed by atoms with Crippen LogP contribution in [0.4, 0.5) is 0 Å². The first-order valence-electron chi connectivity index (χ1n) is 8.57. The molecule has 8 heteroatoms. The fourth-order valence-electron chi connectivity index (χ4n) is 3.75. The Morgan fingerprint density at radius 1 is 1.40 bits per heavy atom. The second-order valence-corrected chi connectivity index (χ2v) is 6.39. The molecular weight excluding hydrogens is 320 g/mol. The van der Waals surface area contributed by atoms with E-state index in [2.05, 4.69) is 19.9 Å². The fraction of sp³-hybridized carbons (Fsp3) is 0.471. The molecule has 1 aliphatic heterocycles. The molecule has 0 amide bonds. The van der Waals surface area contributed by atoms with Crippen molar-refractivity contribution in [2.45, 2.75) is 18.9 Å². The van der Waals surface area contributed by atoms with Crippen LogP contribution >= 0.6 is 0 Å². The topological polar surface area (TPSA) is 102 Å². The van der Waals surface area contributed by atoms with Crippen LogP contribution in [0.15, 0.2) is 23.3 Å². The predicted octanol–water partition coefficient (Wildman–Crippen LogP) is 0.877. The molecule has 4 heterocycles. The number of rotatable bonds is 4. The molecule has 132 valence electrons. The number of nitrogens with two attached hydrogens (primary N) is 1. The summed E-state index contributed by atoms with van der Waals surface area (Å²) in [5.41, 5.74) is 7.74. The number of likely N-dealkylation sites (tertiary alicyclic amines) is 1. The first-order chi connectivity index (χ1) is 12.2. The summed E-state index contributed by atoms with van der Waals surface area (Å²) in [7, 11) is 1.48. The van der Waals surface area contributed by atoms with Crippen molar-refractivity contribution in [3.8, 4) is 5.88 Å². The van der Waals surface area contributed by atoms with Crippen LogP contribution in [-0.4, -0.2) is 57.7 Å². The van der Waals surface area contributed by atoms with Gasteiger partial charge in [-0.15, -0.1) is 0 Å². The van der Waals surface area contributed by atoms with Gasteiger partial charge in [-0.1, -0.05) is 0 Å². The summed E-state index contributed by atoms with van der Waals surface area (Å²) in [4.78, 5) is 27.2. The van der Waals surface area contributed by atoms with Gasteiger partial charge in [0.1, 0.15) is 11.2 Å². The zero-order chi connectivity index (χ0) is 17.4. The Morgan fingerprint density at radius 2 is 2.20 bits per heavy atom. The van der Waals surface area contributed by atoms with Gasteiger partial charge in [0.2, 0.25) is 0 Å². The van der Waals surface area contributed by atoms with Crippen LogP contribution in [0.25, 0.3) is 22.1 Å². The molecule has 1 aliphatic rings. The number of aromatic amines is 1. The largest absolute Gasteiger partial charge is 0.477 e. The maximum atomic E-state index is 13.0. The van der Waals surface area contributed by atoms with Crippen LogP contribution in [0, 0.1) is 0 Å². The highest BCUT2D eigenvalue weighted by atomic mass is 16.5. The van der Waals surface area contributed by atoms with E-state index < -0.39 is 0 Å². The number of nitrogens with zero attached hydrogens (tertiary/aromatic N) is 4. The molecule has 25 heavy (non-hydrogen) atoms. The van der Waals surface area contributed by atoms with Gasteiger partial charge in [0.15, 0.2) is 0 Å². The molecule has 0 aliphatic carbocycles. The number of H-pyrrole nitrogens is 1. The van der Waals surface area contributed by atoms with E-state index in [9.17, 15) is 4.79 Å². The average molecular weight is 342 g/mol. The van der Waals surface area contributed by atoms with E-state index in [0.717, 1.165) is 49.0 Å². The number of hydrogen-bond donors (Lipinski definition) is 2. The first-order valence-corrected chi connectivity index (χ1v) is 8.57. The van der Waals surface area contributed by atoms with Gasteiger partial charge in [0, 0.05) is 43.8 Å². The summed E-state index contributed by atoms with van der Waals surface area (Å²) in [6.45, 7) is 3.42. The van der Waals surface area contributed by atoms with Gasteiger partial charge in [-0.2, -0.15) is 0 Å². The third kappa shape index (κ3) is 2.67. The van der Waals surface area contributed by atoms with Crippen molar-refractivity contribution in [3.05, 3.63) is 28.8 Å². The Labute approximate surface area is 144 Å². The standard InChI is InChI=1S/C17H22N6O2/c1-25-16-17(24)23(11-3-7-22(8-4-11)9-5-18)14-12-2-6-19-15(12)20-10-13(14)21-16/h2,6,10-11H,3-5,7-9,18H2,1H3,(H,19,20). The minimum atomic E-state index is -0.180. The van der Waals surface area contributed by atoms with E-state index in [0.29, 0.717) is 12.1 Å². The van der Waals surface area contributed by atoms with Crippen LogP contribution < -0.4 is 16.0 Å². The molecule has 0 aromatic carbocycles. The third-order valence-corrected chi connectivity index (χ3v) is 4.96. The van der Waals surface area contributed by atoms with Crippen molar-refractivity contribution < 1.29 is 4.74 Å². The molecule has 0 unspecified atom stereocenters. The van der Waals surface area contributed by atoms with Crippen molar-refractivity contribution in [2.24, 2.45) is 5.73 Å². The van der Waals surface area contributed by atoms with Gasteiger partial charge in [-0.3, -0.25) is 9.36 Å². The van der Waals surface area contributed by atoms with E-state index in [1.807, 2.05) is 16.8 Å². The molecule has 0 saturated carbocycles. The number of nitrogens with one attached hydrogen (secondary N) is 1. The lowest BCUT2D eigenvalue weighted by molar-refractivity contribution is 0.190. The highest BCUT2D eigenvalue weighted by molar-refractivity contribution is 6.00. The molecule has 0 atom stereocenters. The molecular formula is C17H22N6O2. The lowest BCUT2D eigenvalue weighted by atomic mass is 10.0. The van der Waals surface area contributed by atoms with Crippen LogP contribution in [-0.2, 0) is 0 Å². The number of methoxy groups -OCH3 is 1. The molecule has 4 rings (SSSR count). The monoisotopic (exact) mass is 342 g/mol. The molecule has 0 spiro atoms. The molecule has 1 fully saturated rings. The number of aromatic nitrogens is 4. The molecule has 3 aromatic heterocycles. The highest BCUT2D eigenvalue weighted by Gasteiger charge is 2.25. The van der Waals surface area contributed by atoms with Gasteiger partial charge >= 0.3 is 5.56 Å². The zero-order valence-electron chi connectivity index (χ0n) is 14.2. The lowest BCUT2D eigenvalue weighted by Crippen LogP contribution is -2.40. The van der Waals surface area contributed by atoms with E-state index in [4.69, 9.17) is 10.5 Å². The van der Waals surface area contributed by atoms with Crippen molar-refractivity contribution in [2.75, 3.05) is 33.3 Å². The minimum absolute atomic E-state index is 0.112. The number of pyridine rings is 1. The smallest absolute Gasteiger partial charge is 0.314 e. The summed E-state index contributed by atoms with van der Waals surface area (Å²) >= 11 is 0. The normalized spacial score (nSPS) is 16.7. The van der Waals surface area contributed by atoms with Crippen molar-refractivity contribution in [3.63, 3.8) is 0 Å². The molecule has 3 aromatic rings. The van der Waals surface area contributed by atoms with Crippen molar-refractivity contribution in [1.82, 2.24) is 24.4 Å². The van der Waals surface area contributed by atoms with Crippen LogP contribution in [0.1, 0.15) is 18.9 Å². The highest BCUT2D eigenvalue weighted by Crippen LogP contribution is 2.29. The maximum absolute atomic E-state index is 13.0. The van der Waals surface area contributed by atoms with Gasteiger partial charge in [0.05, 0.1) is 18.8 Å². The predicted molar refractivity (Wildman–Crippen MR) is 96.0 cm³/mol. The van der Waals surface area contributed by atoms with Crippen LogP contribution in [0.5, 0.6) is 5.88 Å². The zero-order valence-corrected chi connectivity index (χ0v) is 14.2. The third-order valence-electron chi connectivity index (χ3n) is 4.96. The Bertz CT molecular complexity index is 955. The first kappa shape index (κ1) is 16.0. The second-order valence-electron chi connectivity index (χ2n) is 6.39. The quantitative estimate of drug-likeness (QED) is 0.730. The number of piperidine rings is 1. The molecule has 0 bridgehead atoms. The molecule has 8 nitrogen and oxygen atoms in total. The van der Waals surface area contributed by atoms with E-state index in [-0.39, 0.29) is 17.5 Å². The van der Waals surface area contributed by atoms with Gasteiger partial charge in [-0.05, 0) is 18.9 Å². The Hall–Kier alpha value is -2.45. The summed E-state index contributed by atoms with van der Waals surface area (Å²) in [6, 6.07) is 2.06. The Morgan fingerprint density at radius 3 is 2.92 bits per heavy atom. The van der Waals surface area contributed by atoms with Crippen molar-refractivity contribution >= 4 is 22.1 Å². The van der Waals surface area contributed by atoms with Crippen LogP contribution in [0.2, 0.25) is 0 Å². The average Bonchev–Trinajstić information content (AvgIpc) is 3.11. The molecule has 0 radical (unpaired) electrons.